The van der Waals surface area contributed by atoms with Crippen molar-refractivity contribution in [3.63, 3.8) is 0 Å². The second-order valence-electron chi connectivity index (χ2n) is 3.66. The SMILES string of the molecule is O=S(=O)(c1ncccc1F)N1CCCOCC1. The fraction of sp³-hybridized carbons (Fsp3) is 0.500. The van der Waals surface area contributed by atoms with E-state index in [0.29, 0.717) is 26.2 Å². The van der Waals surface area contributed by atoms with Gasteiger partial charge in [-0.25, -0.2) is 17.8 Å². The summed E-state index contributed by atoms with van der Waals surface area (Å²) in [7, 11) is -3.85. The zero-order chi connectivity index (χ0) is 12.3. The quantitative estimate of drug-likeness (QED) is 0.782. The molecule has 0 aliphatic carbocycles. The molecule has 94 valence electrons. The van der Waals surface area contributed by atoms with Crippen LogP contribution in [-0.2, 0) is 14.8 Å². The van der Waals surface area contributed by atoms with E-state index in [4.69, 9.17) is 4.74 Å². The van der Waals surface area contributed by atoms with Crippen LogP contribution in [0.15, 0.2) is 23.4 Å². The topological polar surface area (TPSA) is 59.5 Å². The lowest BCUT2D eigenvalue weighted by atomic mass is 10.5. The van der Waals surface area contributed by atoms with Gasteiger partial charge >= 0.3 is 0 Å². The van der Waals surface area contributed by atoms with Gasteiger partial charge in [-0.2, -0.15) is 4.31 Å². The molecule has 1 aliphatic heterocycles. The highest BCUT2D eigenvalue weighted by Gasteiger charge is 2.29. The van der Waals surface area contributed by atoms with Crippen molar-refractivity contribution in [2.45, 2.75) is 11.4 Å². The Balaban J connectivity index is 2.32. The number of ether oxygens (including phenoxy) is 1. The van der Waals surface area contributed by atoms with Gasteiger partial charge in [0.2, 0.25) is 5.03 Å². The maximum absolute atomic E-state index is 13.4. The number of sulfonamides is 1. The maximum atomic E-state index is 13.4. The smallest absolute Gasteiger partial charge is 0.263 e. The highest BCUT2D eigenvalue weighted by molar-refractivity contribution is 7.89. The molecule has 2 heterocycles. The molecule has 0 saturated carbocycles. The Morgan fingerprint density at radius 2 is 2.18 bits per heavy atom. The van der Waals surface area contributed by atoms with E-state index in [9.17, 15) is 12.8 Å². The summed E-state index contributed by atoms with van der Waals surface area (Å²) >= 11 is 0. The lowest BCUT2D eigenvalue weighted by Gasteiger charge is -2.18. The molecule has 5 nitrogen and oxygen atoms in total. The van der Waals surface area contributed by atoms with E-state index >= 15 is 0 Å². The second kappa shape index (κ2) is 5.07. The summed E-state index contributed by atoms with van der Waals surface area (Å²) in [4.78, 5) is 3.61. The third-order valence-corrected chi connectivity index (χ3v) is 4.32. The third kappa shape index (κ3) is 2.62. The van der Waals surface area contributed by atoms with Crippen LogP contribution in [0.25, 0.3) is 0 Å². The average molecular weight is 260 g/mol. The Morgan fingerprint density at radius 1 is 1.35 bits per heavy atom. The molecular weight excluding hydrogens is 247 g/mol. The Morgan fingerprint density at radius 3 is 2.94 bits per heavy atom. The van der Waals surface area contributed by atoms with E-state index < -0.39 is 20.9 Å². The van der Waals surface area contributed by atoms with E-state index in [-0.39, 0.29) is 6.54 Å². The van der Waals surface area contributed by atoms with Gasteiger partial charge in [0.15, 0.2) is 5.82 Å². The molecule has 0 N–H and O–H groups in total. The zero-order valence-electron chi connectivity index (χ0n) is 9.17. The fourth-order valence-corrected chi connectivity index (χ4v) is 3.08. The van der Waals surface area contributed by atoms with E-state index in [0.717, 1.165) is 6.07 Å². The van der Waals surface area contributed by atoms with Crippen LogP contribution in [0, 0.1) is 5.82 Å². The first kappa shape index (κ1) is 12.4. The van der Waals surface area contributed by atoms with Gasteiger partial charge in [-0.3, -0.25) is 0 Å². The molecule has 0 bridgehead atoms. The van der Waals surface area contributed by atoms with Crippen LogP contribution in [0.5, 0.6) is 0 Å². The minimum atomic E-state index is -3.85. The summed E-state index contributed by atoms with van der Waals surface area (Å²) in [5.74, 6) is -0.822. The van der Waals surface area contributed by atoms with Crippen LogP contribution in [0.1, 0.15) is 6.42 Å². The maximum Gasteiger partial charge on any atom is 0.263 e. The number of hydrogen-bond acceptors (Lipinski definition) is 4. The summed E-state index contributed by atoms with van der Waals surface area (Å²) < 4.78 is 44.1. The minimum Gasteiger partial charge on any atom is -0.380 e. The van der Waals surface area contributed by atoms with Gasteiger partial charge in [-0.1, -0.05) is 0 Å². The van der Waals surface area contributed by atoms with E-state index in [1.54, 1.807) is 0 Å². The molecule has 0 atom stereocenters. The number of hydrogen-bond donors (Lipinski definition) is 0. The van der Waals surface area contributed by atoms with Crippen LogP contribution < -0.4 is 0 Å². The summed E-state index contributed by atoms with van der Waals surface area (Å²) in [6.07, 6.45) is 1.87. The van der Waals surface area contributed by atoms with Crippen LogP contribution >= 0.6 is 0 Å². The molecule has 1 saturated heterocycles. The van der Waals surface area contributed by atoms with Crippen molar-refractivity contribution in [1.82, 2.24) is 9.29 Å². The molecule has 0 radical (unpaired) electrons. The Kier molecular flexibility index (Phi) is 3.70. The molecule has 0 spiro atoms. The van der Waals surface area contributed by atoms with Gasteiger partial charge in [0.1, 0.15) is 0 Å². The molecule has 1 fully saturated rings. The fourth-order valence-electron chi connectivity index (χ4n) is 1.65. The van der Waals surface area contributed by atoms with Crippen LogP contribution in [0.4, 0.5) is 4.39 Å². The standard InChI is InChI=1S/C10H13FN2O3S/c11-9-3-1-4-12-10(9)17(14,15)13-5-2-7-16-8-6-13/h1,3-4H,2,5-8H2. The lowest BCUT2D eigenvalue weighted by molar-refractivity contribution is 0.148. The van der Waals surface area contributed by atoms with Crippen LogP contribution in [0.3, 0.4) is 0 Å². The van der Waals surface area contributed by atoms with E-state index in [2.05, 4.69) is 4.98 Å². The van der Waals surface area contributed by atoms with Gasteiger partial charge in [0.05, 0.1) is 6.61 Å². The first-order chi connectivity index (χ1) is 8.12. The van der Waals surface area contributed by atoms with Gasteiger partial charge in [0, 0.05) is 25.9 Å². The molecule has 0 unspecified atom stereocenters. The van der Waals surface area contributed by atoms with Crippen molar-refractivity contribution in [3.8, 4) is 0 Å². The molecule has 1 aromatic rings. The van der Waals surface area contributed by atoms with Gasteiger partial charge in [0.25, 0.3) is 10.0 Å². The Bertz CT molecular complexity index is 484. The minimum absolute atomic E-state index is 0.234. The molecular formula is C10H13FN2O3S. The monoisotopic (exact) mass is 260 g/mol. The summed E-state index contributed by atoms with van der Waals surface area (Å²) in [5.41, 5.74) is 0. The Hall–Kier alpha value is -1.05. The van der Waals surface area contributed by atoms with E-state index in [1.165, 1.54) is 16.6 Å². The molecule has 1 aromatic heterocycles. The first-order valence-electron chi connectivity index (χ1n) is 5.31. The normalized spacial score (nSPS) is 18.9. The van der Waals surface area contributed by atoms with Crippen molar-refractivity contribution in [2.75, 3.05) is 26.3 Å². The first-order valence-corrected chi connectivity index (χ1v) is 6.75. The predicted molar refractivity (Wildman–Crippen MR) is 58.4 cm³/mol. The van der Waals surface area contributed by atoms with Crippen molar-refractivity contribution < 1.29 is 17.5 Å². The average Bonchev–Trinajstić information content (AvgIpc) is 2.58. The number of aromatic nitrogens is 1. The molecule has 1 aliphatic rings. The molecule has 17 heavy (non-hydrogen) atoms. The highest BCUT2D eigenvalue weighted by Crippen LogP contribution is 2.17. The second-order valence-corrected chi connectivity index (χ2v) is 5.51. The predicted octanol–water partition coefficient (Wildman–Crippen LogP) is 0.632. The van der Waals surface area contributed by atoms with Crippen molar-refractivity contribution in [1.29, 1.82) is 0 Å². The Labute approximate surface area is 99.3 Å². The molecule has 2 rings (SSSR count). The van der Waals surface area contributed by atoms with Crippen molar-refractivity contribution in [2.24, 2.45) is 0 Å². The molecule has 0 amide bonds. The molecule has 7 heteroatoms. The largest absolute Gasteiger partial charge is 0.380 e. The molecule has 0 aromatic carbocycles. The van der Waals surface area contributed by atoms with Gasteiger partial charge in [-0.05, 0) is 18.6 Å². The number of nitrogens with zero attached hydrogens (tertiary/aromatic N) is 2. The summed E-state index contributed by atoms with van der Waals surface area (Å²) in [6, 6.07) is 2.45. The van der Waals surface area contributed by atoms with Gasteiger partial charge < -0.3 is 4.74 Å². The number of rotatable bonds is 2. The lowest BCUT2D eigenvalue weighted by Crippen LogP contribution is -2.34. The number of halogens is 1. The summed E-state index contributed by atoms with van der Waals surface area (Å²) in [6.45, 7) is 1.42. The van der Waals surface area contributed by atoms with Crippen LogP contribution in [-0.4, -0.2) is 44.0 Å². The summed E-state index contributed by atoms with van der Waals surface area (Å²) in [5, 5.41) is -0.512. The third-order valence-electron chi connectivity index (χ3n) is 2.49. The van der Waals surface area contributed by atoms with Crippen LogP contribution in [0.2, 0.25) is 0 Å². The zero-order valence-corrected chi connectivity index (χ0v) is 9.99. The van der Waals surface area contributed by atoms with Crippen molar-refractivity contribution in [3.05, 3.63) is 24.1 Å². The number of pyridine rings is 1. The van der Waals surface area contributed by atoms with E-state index in [1.807, 2.05) is 0 Å². The van der Waals surface area contributed by atoms with Crippen molar-refractivity contribution >= 4 is 10.0 Å². The highest BCUT2D eigenvalue weighted by atomic mass is 32.2. The van der Waals surface area contributed by atoms with Gasteiger partial charge in [-0.15, -0.1) is 0 Å².